The van der Waals surface area contributed by atoms with Crippen LogP contribution in [0, 0.1) is 42.9 Å². The van der Waals surface area contributed by atoms with E-state index < -0.39 is 9.85 Å². The number of nitro benzene ring substituents is 2. The molecule has 9 aromatic rings. The van der Waals surface area contributed by atoms with Gasteiger partial charge >= 0.3 is 0 Å². The van der Waals surface area contributed by atoms with Crippen molar-refractivity contribution in [3.05, 3.63) is 165 Å². The normalized spacial score (nSPS) is 11.2. The highest BCUT2D eigenvalue weighted by atomic mass is 16.6. The van der Waals surface area contributed by atoms with Gasteiger partial charge in [-0.05, 0) is 101 Å². The number of nitro groups is 2. The number of benzene rings is 5. The van der Waals surface area contributed by atoms with E-state index in [1.54, 1.807) is 24.5 Å². The van der Waals surface area contributed by atoms with Gasteiger partial charge in [0.1, 0.15) is 0 Å². The van der Waals surface area contributed by atoms with Crippen LogP contribution in [-0.2, 0) is 0 Å². The molecule has 0 atom stereocenters. The molecule has 0 saturated carbocycles. The molecule has 0 amide bonds. The van der Waals surface area contributed by atoms with Crippen molar-refractivity contribution in [3.63, 3.8) is 0 Å². The maximum atomic E-state index is 11.6. The largest absolute Gasteiger partial charge is 0.308 e. The van der Waals surface area contributed by atoms with Gasteiger partial charge in [0.05, 0.1) is 66.2 Å². The minimum Gasteiger partial charge on any atom is -0.308 e. The van der Waals surface area contributed by atoms with Crippen molar-refractivity contribution in [1.29, 1.82) is 10.5 Å². The van der Waals surface area contributed by atoms with Crippen LogP contribution in [-0.4, -0.2) is 28.9 Å². The molecule has 254 valence electrons. The lowest BCUT2D eigenvalue weighted by atomic mass is 10.0. The van der Waals surface area contributed by atoms with Crippen molar-refractivity contribution in [2.24, 2.45) is 0 Å². The van der Waals surface area contributed by atoms with Crippen LogP contribution in [0.1, 0.15) is 11.1 Å². The number of pyridine rings is 2. The predicted octanol–water partition coefficient (Wildman–Crippen LogP) is 9.56. The molecule has 54 heavy (non-hydrogen) atoms. The smallest absolute Gasteiger partial charge is 0.271 e. The maximum Gasteiger partial charge on any atom is 0.271 e. The number of hydrogen-bond acceptors (Lipinski definition) is 8. The summed E-state index contributed by atoms with van der Waals surface area (Å²) in [5.41, 5.74) is 9.33. The van der Waals surface area contributed by atoms with Crippen LogP contribution in [0.2, 0.25) is 0 Å². The Hall–Kier alpha value is -8.22. The highest BCUT2D eigenvalue weighted by molar-refractivity contribution is 6.10. The van der Waals surface area contributed by atoms with Gasteiger partial charge in [0.2, 0.25) is 0 Å². The zero-order valence-electron chi connectivity index (χ0n) is 27.9. The maximum absolute atomic E-state index is 11.6. The molecular weight excluding hydrogens is 681 g/mol. The van der Waals surface area contributed by atoms with Crippen LogP contribution in [0.4, 0.5) is 11.4 Å². The Balaban J connectivity index is 1.21. The van der Waals surface area contributed by atoms with E-state index in [9.17, 15) is 30.8 Å². The Bertz CT molecular complexity index is 2960. The summed E-state index contributed by atoms with van der Waals surface area (Å²) >= 11 is 0. The van der Waals surface area contributed by atoms with Gasteiger partial charge in [0.15, 0.2) is 0 Å². The van der Waals surface area contributed by atoms with E-state index in [1.807, 2.05) is 91.0 Å². The molecule has 9 rings (SSSR count). The molecule has 0 N–H and O–H groups in total. The summed E-state index contributed by atoms with van der Waals surface area (Å²) < 4.78 is 4.25. The van der Waals surface area contributed by atoms with Crippen molar-refractivity contribution >= 4 is 55.2 Å². The highest BCUT2D eigenvalue weighted by Gasteiger charge is 2.19. The minimum absolute atomic E-state index is 0.157. The van der Waals surface area contributed by atoms with Gasteiger partial charge in [-0.3, -0.25) is 30.2 Å². The molecular formula is C42H22N8O4. The standard InChI is InChI=1S/C42H22N8O4/c43-23-25-14-29(18-33(16-25)49(51)52)27-8-10-37-35(20-27)41-39(6-2-12-45-41)47(37)31-4-1-5-32(22-31)48-38-11-9-28(21-36(38)42-40(48)7-3-13-46-42)30-15-26(24-44)17-34(19-30)50(53)54/h1-22H. The quantitative estimate of drug-likeness (QED) is 0.122. The first-order chi connectivity index (χ1) is 26.3. The lowest BCUT2D eigenvalue weighted by Crippen LogP contribution is -1.98. The van der Waals surface area contributed by atoms with Gasteiger partial charge in [-0.15, -0.1) is 0 Å². The Morgan fingerprint density at radius 1 is 0.500 bits per heavy atom. The summed E-state index contributed by atoms with van der Waals surface area (Å²) in [6.45, 7) is 0. The van der Waals surface area contributed by atoms with E-state index in [0.29, 0.717) is 22.3 Å². The van der Waals surface area contributed by atoms with E-state index in [-0.39, 0.29) is 22.5 Å². The van der Waals surface area contributed by atoms with E-state index in [4.69, 9.17) is 9.97 Å². The topological polar surface area (TPSA) is 170 Å². The second-order valence-electron chi connectivity index (χ2n) is 12.7. The number of hydrogen-bond donors (Lipinski definition) is 0. The van der Waals surface area contributed by atoms with Crippen LogP contribution in [0.15, 0.2) is 134 Å². The molecule has 5 aromatic carbocycles. The Kier molecular flexibility index (Phi) is 7.19. The minimum atomic E-state index is -0.502. The van der Waals surface area contributed by atoms with Crippen LogP contribution in [0.5, 0.6) is 0 Å². The zero-order chi connectivity index (χ0) is 37.1. The van der Waals surface area contributed by atoms with Crippen molar-refractivity contribution in [1.82, 2.24) is 19.1 Å². The van der Waals surface area contributed by atoms with E-state index >= 15 is 0 Å². The predicted molar refractivity (Wildman–Crippen MR) is 204 cm³/mol. The van der Waals surface area contributed by atoms with Crippen LogP contribution >= 0.6 is 0 Å². The average Bonchev–Trinajstić information content (AvgIpc) is 3.72. The fourth-order valence-electron chi connectivity index (χ4n) is 7.25. The summed E-state index contributed by atoms with van der Waals surface area (Å²) in [5, 5.41) is 44.0. The summed E-state index contributed by atoms with van der Waals surface area (Å²) in [6.07, 6.45) is 3.45. The molecule has 0 radical (unpaired) electrons. The molecule has 0 unspecified atom stereocenters. The van der Waals surface area contributed by atoms with Crippen LogP contribution in [0.3, 0.4) is 0 Å². The van der Waals surface area contributed by atoms with E-state index in [2.05, 4.69) is 15.2 Å². The molecule has 0 aliphatic carbocycles. The van der Waals surface area contributed by atoms with Crippen molar-refractivity contribution in [3.8, 4) is 45.8 Å². The van der Waals surface area contributed by atoms with Crippen molar-refractivity contribution in [2.45, 2.75) is 0 Å². The number of nitriles is 2. The summed E-state index contributed by atoms with van der Waals surface area (Å²) in [4.78, 5) is 31.7. The first kappa shape index (κ1) is 31.7. The second-order valence-corrected chi connectivity index (χ2v) is 12.7. The van der Waals surface area contributed by atoms with Crippen LogP contribution in [0.25, 0.3) is 77.5 Å². The fraction of sp³-hybridized carbons (Fsp3) is 0. The van der Waals surface area contributed by atoms with Gasteiger partial charge < -0.3 is 9.13 Å². The molecule has 0 spiro atoms. The SMILES string of the molecule is N#Cc1cc(-c2ccc3c(c2)c2ncccc2n3-c2cccc(-n3c4ccc(-c5cc(C#N)cc([N+](=O)[O-])c5)cc4c4ncccc43)c2)cc([N+](=O)[O-])c1. The van der Waals surface area contributed by atoms with Gasteiger partial charge in [-0.25, -0.2) is 0 Å². The lowest BCUT2D eigenvalue weighted by Gasteiger charge is -2.13. The summed E-state index contributed by atoms with van der Waals surface area (Å²) in [6, 6.07) is 40.2. The van der Waals surface area contributed by atoms with Gasteiger partial charge in [0.25, 0.3) is 11.4 Å². The molecule has 0 aliphatic heterocycles. The molecule has 0 saturated heterocycles. The Morgan fingerprint density at radius 2 is 0.963 bits per heavy atom. The summed E-state index contributed by atoms with van der Waals surface area (Å²) in [5.74, 6) is 0. The van der Waals surface area contributed by atoms with E-state index in [0.717, 1.165) is 55.2 Å². The monoisotopic (exact) mass is 702 g/mol. The van der Waals surface area contributed by atoms with Crippen molar-refractivity contribution < 1.29 is 9.85 Å². The summed E-state index contributed by atoms with van der Waals surface area (Å²) in [7, 11) is 0. The third kappa shape index (κ3) is 5.06. The van der Waals surface area contributed by atoms with Gasteiger partial charge in [-0.2, -0.15) is 10.5 Å². The highest BCUT2D eigenvalue weighted by Crippen LogP contribution is 2.38. The van der Waals surface area contributed by atoms with Gasteiger partial charge in [0, 0.05) is 58.8 Å². The van der Waals surface area contributed by atoms with Gasteiger partial charge in [-0.1, -0.05) is 18.2 Å². The number of aromatic nitrogens is 4. The Morgan fingerprint density at radius 3 is 1.39 bits per heavy atom. The molecule has 4 aromatic heterocycles. The molecule has 0 bridgehead atoms. The molecule has 12 nitrogen and oxygen atoms in total. The Labute approximate surface area is 304 Å². The first-order valence-corrected chi connectivity index (χ1v) is 16.6. The third-order valence-corrected chi connectivity index (χ3v) is 9.57. The number of non-ortho nitro benzene ring substituents is 2. The molecule has 12 heteroatoms. The molecule has 4 heterocycles. The van der Waals surface area contributed by atoms with Crippen molar-refractivity contribution in [2.75, 3.05) is 0 Å². The first-order valence-electron chi connectivity index (χ1n) is 16.6. The molecule has 0 aliphatic rings. The molecule has 0 fully saturated rings. The second kappa shape index (κ2) is 12.2. The average molecular weight is 703 g/mol. The number of fused-ring (bicyclic) bond motifs is 6. The van der Waals surface area contributed by atoms with Crippen LogP contribution < -0.4 is 0 Å². The van der Waals surface area contributed by atoms with E-state index in [1.165, 1.54) is 24.3 Å². The number of rotatable bonds is 6. The number of nitrogens with zero attached hydrogens (tertiary/aromatic N) is 8. The third-order valence-electron chi connectivity index (χ3n) is 9.57. The fourth-order valence-corrected chi connectivity index (χ4v) is 7.25. The lowest BCUT2D eigenvalue weighted by molar-refractivity contribution is -0.385. The zero-order valence-corrected chi connectivity index (χ0v) is 27.9.